The molecule has 0 radical (unpaired) electrons. The molecule has 0 bridgehead atoms. The second kappa shape index (κ2) is 4.68. The van der Waals surface area contributed by atoms with Crippen LogP contribution in [0.15, 0.2) is 29.8 Å². The molecular formula is C12H11ClO3. The number of rotatable bonds is 2. The van der Waals surface area contributed by atoms with Crippen LogP contribution in [-0.4, -0.2) is 26.3 Å². The predicted molar refractivity (Wildman–Crippen MR) is 61.2 cm³/mol. The van der Waals surface area contributed by atoms with E-state index in [9.17, 15) is 4.79 Å². The average Bonchev–Trinajstić information content (AvgIpc) is 2.78. The molecule has 1 aliphatic rings. The second-order valence-electron chi connectivity index (χ2n) is 3.45. The zero-order valence-corrected chi connectivity index (χ0v) is 9.58. The van der Waals surface area contributed by atoms with Gasteiger partial charge >= 0.3 is 5.97 Å². The van der Waals surface area contributed by atoms with Gasteiger partial charge in [0.05, 0.1) is 25.9 Å². The van der Waals surface area contributed by atoms with Crippen LogP contribution in [0.2, 0.25) is 5.02 Å². The van der Waals surface area contributed by atoms with Crippen molar-refractivity contribution in [3.63, 3.8) is 0 Å². The number of carbonyl (C=O) groups is 1. The third kappa shape index (κ3) is 2.10. The van der Waals surface area contributed by atoms with Gasteiger partial charge in [-0.1, -0.05) is 23.7 Å². The fourth-order valence-corrected chi connectivity index (χ4v) is 1.77. The molecule has 0 saturated heterocycles. The Balaban J connectivity index is 2.38. The maximum Gasteiger partial charge on any atom is 0.336 e. The van der Waals surface area contributed by atoms with Gasteiger partial charge in [0.15, 0.2) is 0 Å². The van der Waals surface area contributed by atoms with Crippen molar-refractivity contribution in [2.45, 2.75) is 0 Å². The highest BCUT2D eigenvalue weighted by molar-refractivity contribution is 6.30. The van der Waals surface area contributed by atoms with Gasteiger partial charge in [0.25, 0.3) is 0 Å². The van der Waals surface area contributed by atoms with Gasteiger partial charge < -0.3 is 9.47 Å². The van der Waals surface area contributed by atoms with Crippen molar-refractivity contribution in [1.82, 2.24) is 0 Å². The van der Waals surface area contributed by atoms with Crippen LogP contribution in [0.5, 0.6) is 0 Å². The third-order valence-corrected chi connectivity index (χ3v) is 2.73. The Morgan fingerprint density at radius 3 is 2.62 bits per heavy atom. The fraction of sp³-hybridized carbons (Fsp3) is 0.250. The lowest BCUT2D eigenvalue weighted by Crippen LogP contribution is -2.07. The van der Waals surface area contributed by atoms with Gasteiger partial charge in [-0.05, 0) is 23.3 Å². The lowest BCUT2D eigenvalue weighted by atomic mass is 10.0. The molecule has 2 rings (SSSR count). The molecule has 0 amide bonds. The fourth-order valence-electron chi connectivity index (χ4n) is 1.64. The van der Waals surface area contributed by atoms with Gasteiger partial charge in [0, 0.05) is 5.02 Å². The van der Waals surface area contributed by atoms with Crippen molar-refractivity contribution in [3.8, 4) is 0 Å². The maximum atomic E-state index is 11.5. The van der Waals surface area contributed by atoms with Gasteiger partial charge in [-0.25, -0.2) is 4.79 Å². The topological polar surface area (TPSA) is 35.5 Å². The Bertz CT molecular complexity index is 434. The summed E-state index contributed by atoms with van der Waals surface area (Å²) in [5.74, 6) is -0.331. The van der Waals surface area contributed by atoms with Gasteiger partial charge in [-0.2, -0.15) is 0 Å². The summed E-state index contributed by atoms with van der Waals surface area (Å²) in [6, 6.07) is 7.32. The van der Waals surface area contributed by atoms with E-state index in [0.717, 1.165) is 11.1 Å². The monoisotopic (exact) mass is 238 g/mol. The Morgan fingerprint density at radius 1 is 1.31 bits per heavy atom. The summed E-state index contributed by atoms with van der Waals surface area (Å²) in [5.41, 5.74) is 2.41. The van der Waals surface area contributed by atoms with Crippen molar-refractivity contribution in [2.75, 3.05) is 20.3 Å². The van der Waals surface area contributed by atoms with Crippen LogP contribution in [0, 0.1) is 0 Å². The Kier molecular flexibility index (Phi) is 3.27. The summed E-state index contributed by atoms with van der Waals surface area (Å²) >= 11 is 5.81. The molecule has 1 heterocycles. The zero-order chi connectivity index (χ0) is 11.5. The first-order chi connectivity index (χ1) is 7.72. The second-order valence-corrected chi connectivity index (χ2v) is 3.88. The molecule has 4 heteroatoms. The lowest BCUT2D eigenvalue weighted by molar-refractivity contribution is -0.136. The van der Waals surface area contributed by atoms with E-state index >= 15 is 0 Å². The van der Waals surface area contributed by atoms with E-state index in [1.54, 1.807) is 12.1 Å². The molecule has 0 aromatic heterocycles. The van der Waals surface area contributed by atoms with Crippen LogP contribution in [0.25, 0.3) is 5.57 Å². The van der Waals surface area contributed by atoms with Crippen LogP contribution >= 0.6 is 11.6 Å². The number of carbonyl (C=O) groups excluding carboxylic acids is 1. The molecule has 0 spiro atoms. The quantitative estimate of drug-likeness (QED) is 0.742. The first kappa shape index (κ1) is 11.2. The van der Waals surface area contributed by atoms with Crippen LogP contribution in [0.1, 0.15) is 5.56 Å². The van der Waals surface area contributed by atoms with E-state index in [1.165, 1.54) is 7.11 Å². The summed E-state index contributed by atoms with van der Waals surface area (Å²) in [6.45, 7) is 0.747. The van der Waals surface area contributed by atoms with Gasteiger partial charge in [-0.15, -0.1) is 0 Å². The summed E-state index contributed by atoms with van der Waals surface area (Å²) in [7, 11) is 1.37. The van der Waals surface area contributed by atoms with Crippen molar-refractivity contribution in [2.24, 2.45) is 0 Å². The number of esters is 1. The van der Waals surface area contributed by atoms with Crippen LogP contribution in [-0.2, 0) is 14.3 Å². The van der Waals surface area contributed by atoms with Crippen molar-refractivity contribution >= 4 is 23.1 Å². The smallest absolute Gasteiger partial charge is 0.336 e. The predicted octanol–water partition coefficient (Wildman–Crippen LogP) is 2.30. The Labute approximate surface area is 98.6 Å². The minimum atomic E-state index is -0.331. The lowest BCUT2D eigenvalue weighted by Gasteiger charge is -2.04. The van der Waals surface area contributed by atoms with E-state index in [1.807, 2.05) is 12.1 Å². The van der Waals surface area contributed by atoms with Crippen LogP contribution in [0.4, 0.5) is 0 Å². The average molecular weight is 239 g/mol. The summed E-state index contributed by atoms with van der Waals surface area (Å²) in [4.78, 5) is 11.5. The maximum absolute atomic E-state index is 11.5. The molecule has 3 nitrogen and oxygen atoms in total. The Morgan fingerprint density at radius 2 is 2.00 bits per heavy atom. The van der Waals surface area contributed by atoms with E-state index < -0.39 is 0 Å². The van der Waals surface area contributed by atoms with Crippen molar-refractivity contribution in [1.29, 1.82) is 0 Å². The third-order valence-electron chi connectivity index (χ3n) is 2.48. The molecule has 0 fully saturated rings. The van der Waals surface area contributed by atoms with Crippen LogP contribution < -0.4 is 0 Å². The molecule has 84 valence electrons. The summed E-state index contributed by atoms with van der Waals surface area (Å²) < 4.78 is 9.98. The standard InChI is InChI=1S/C12H11ClO3/c1-15-12(14)11-7-16-6-10(11)8-2-4-9(13)5-3-8/h2-5H,6-7H2,1H3. The molecule has 0 N–H and O–H groups in total. The SMILES string of the molecule is COC(=O)C1=C(c2ccc(Cl)cc2)COC1. The highest BCUT2D eigenvalue weighted by atomic mass is 35.5. The molecule has 0 unspecified atom stereocenters. The number of hydrogen-bond acceptors (Lipinski definition) is 3. The van der Waals surface area contributed by atoms with E-state index in [4.69, 9.17) is 21.1 Å². The number of methoxy groups -OCH3 is 1. The highest BCUT2D eigenvalue weighted by Gasteiger charge is 2.23. The van der Waals surface area contributed by atoms with Crippen LogP contribution in [0.3, 0.4) is 0 Å². The molecule has 0 atom stereocenters. The van der Waals surface area contributed by atoms with E-state index in [-0.39, 0.29) is 5.97 Å². The Hall–Kier alpha value is -1.32. The zero-order valence-electron chi connectivity index (χ0n) is 8.83. The number of halogens is 1. The molecule has 1 aromatic rings. The van der Waals surface area contributed by atoms with Gasteiger partial charge in [-0.3, -0.25) is 0 Å². The largest absolute Gasteiger partial charge is 0.466 e. The summed E-state index contributed by atoms with van der Waals surface area (Å²) in [6.07, 6.45) is 0. The normalized spacial score (nSPS) is 15.4. The molecular weight excluding hydrogens is 228 g/mol. The molecule has 16 heavy (non-hydrogen) atoms. The molecule has 0 saturated carbocycles. The summed E-state index contributed by atoms with van der Waals surface area (Å²) in [5, 5.41) is 0.669. The molecule has 0 aliphatic carbocycles. The minimum absolute atomic E-state index is 0.310. The van der Waals surface area contributed by atoms with Crippen molar-refractivity contribution in [3.05, 3.63) is 40.4 Å². The van der Waals surface area contributed by atoms with Crippen molar-refractivity contribution < 1.29 is 14.3 Å². The molecule has 1 aliphatic heterocycles. The van der Waals surface area contributed by atoms with E-state index in [0.29, 0.717) is 23.8 Å². The highest BCUT2D eigenvalue weighted by Crippen LogP contribution is 2.26. The van der Waals surface area contributed by atoms with E-state index in [2.05, 4.69) is 0 Å². The van der Waals surface area contributed by atoms with Gasteiger partial charge in [0.2, 0.25) is 0 Å². The molecule has 1 aromatic carbocycles. The van der Waals surface area contributed by atoms with Gasteiger partial charge in [0.1, 0.15) is 0 Å². The number of hydrogen-bond donors (Lipinski definition) is 0. The first-order valence-corrected chi connectivity index (χ1v) is 5.24. The first-order valence-electron chi connectivity index (χ1n) is 4.86. The number of benzene rings is 1. The number of ether oxygens (including phenoxy) is 2. The minimum Gasteiger partial charge on any atom is -0.466 e.